The number of carbonyl (C=O) groups excluding carboxylic acids is 2. The van der Waals surface area contributed by atoms with E-state index in [9.17, 15) is 9.59 Å². The van der Waals surface area contributed by atoms with Gasteiger partial charge in [-0.2, -0.15) is 0 Å². The fourth-order valence-corrected chi connectivity index (χ4v) is 3.29. The molecule has 4 unspecified atom stereocenters. The molecule has 2 bridgehead atoms. The van der Waals surface area contributed by atoms with E-state index >= 15 is 0 Å². The number of fused-ring (bicyclic) bond motifs is 2. The Kier molecular flexibility index (Phi) is 3.37. The van der Waals surface area contributed by atoms with E-state index in [1.807, 2.05) is 13.8 Å². The molecule has 2 fully saturated rings. The van der Waals surface area contributed by atoms with Crippen molar-refractivity contribution in [3.05, 3.63) is 0 Å². The molecule has 1 aliphatic heterocycles. The minimum atomic E-state index is -0.901. The maximum atomic E-state index is 11.4. The topological polar surface area (TPSA) is 61.8 Å². The fourth-order valence-electron chi connectivity index (χ4n) is 3.29. The van der Waals surface area contributed by atoms with Gasteiger partial charge in [-0.15, -0.1) is 0 Å². The van der Waals surface area contributed by atoms with Crippen LogP contribution >= 0.6 is 0 Å². The zero-order valence-corrected chi connectivity index (χ0v) is 12.2. The van der Waals surface area contributed by atoms with Gasteiger partial charge in [0.05, 0.1) is 5.60 Å². The van der Waals surface area contributed by atoms with Crippen LogP contribution in [-0.4, -0.2) is 35.3 Å². The molecule has 1 saturated heterocycles. The van der Waals surface area contributed by atoms with Crippen LogP contribution in [0.4, 0.5) is 0 Å². The second-order valence-corrected chi connectivity index (χ2v) is 6.25. The first-order valence-electron chi connectivity index (χ1n) is 6.70. The van der Waals surface area contributed by atoms with Gasteiger partial charge in [0.2, 0.25) is 0 Å². The highest BCUT2D eigenvalue weighted by atomic mass is 16.6. The molecule has 5 nitrogen and oxygen atoms in total. The molecule has 19 heavy (non-hydrogen) atoms. The van der Waals surface area contributed by atoms with Gasteiger partial charge in [0.15, 0.2) is 5.60 Å². The molecule has 1 saturated carbocycles. The van der Waals surface area contributed by atoms with Gasteiger partial charge >= 0.3 is 11.9 Å². The smallest absolute Gasteiger partial charge is 0.303 e. The Morgan fingerprint density at radius 3 is 2.26 bits per heavy atom. The molecule has 0 radical (unpaired) electrons. The summed E-state index contributed by atoms with van der Waals surface area (Å²) in [7, 11) is 0. The molecule has 0 aromatic heterocycles. The van der Waals surface area contributed by atoms with E-state index in [0.29, 0.717) is 12.3 Å². The third-order valence-corrected chi connectivity index (χ3v) is 4.38. The molecule has 4 atom stereocenters. The van der Waals surface area contributed by atoms with E-state index in [0.717, 1.165) is 6.42 Å². The van der Waals surface area contributed by atoms with Crippen LogP contribution in [0.15, 0.2) is 0 Å². The summed E-state index contributed by atoms with van der Waals surface area (Å²) < 4.78 is 16.9. The van der Waals surface area contributed by atoms with Gasteiger partial charge in [-0.25, -0.2) is 0 Å². The minimum absolute atomic E-state index is 0.227. The monoisotopic (exact) mass is 270 g/mol. The largest absolute Gasteiger partial charge is 0.458 e. The lowest BCUT2D eigenvalue weighted by molar-refractivity contribution is -0.207. The molecule has 2 rings (SSSR count). The Balaban J connectivity index is 2.30. The van der Waals surface area contributed by atoms with Gasteiger partial charge in [-0.1, -0.05) is 0 Å². The van der Waals surface area contributed by atoms with Gasteiger partial charge in [-0.05, 0) is 39.5 Å². The molecule has 5 heteroatoms. The van der Waals surface area contributed by atoms with Crippen LogP contribution < -0.4 is 0 Å². The third kappa shape index (κ3) is 2.48. The third-order valence-electron chi connectivity index (χ3n) is 4.38. The molecule has 0 amide bonds. The highest BCUT2D eigenvalue weighted by Gasteiger charge is 2.60. The number of esters is 2. The van der Waals surface area contributed by atoms with Crippen molar-refractivity contribution in [1.82, 2.24) is 0 Å². The van der Waals surface area contributed by atoms with E-state index in [2.05, 4.69) is 0 Å². The number of ether oxygens (including phenoxy) is 3. The molecular formula is C14H22O5. The number of rotatable bonds is 2. The van der Waals surface area contributed by atoms with E-state index < -0.39 is 11.7 Å². The second-order valence-electron chi connectivity index (χ2n) is 6.25. The zero-order chi connectivity index (χ0) is 14.4. The van der Waals surface area contributed by atoms with E-state index in [-0.39, 0.29) is 23.6 Å². The molecule has 108 valence electrons. The summed E-state index contributed by atoms with van der Waals surface area (Å²) in [5.41, 5.74) is -1.18. The van der Waals surface area contributed by atoms with Crippen LogP contribution in [0.2, 0.25) is 0 Å². The van der Waals surface area contributed by atoms with Gasteiger partial charge in [0, 0.05) is 13.8 Å². The summed E-state index contributed by atoms with van der Waals surface area (Å²) in [6.45, 7) is 8.59. The highest BCUT2D eigenvalue weighted by Crippen LogP contribution is 2.50. The maximum Gasteiger partial charge on any atom is 0.303 e. The van der Waals surface area contributed by atoms with Crippen LogP contribution in [0.3, 0.4) is 0 Å². The SMILES string of the molecule is CC(=O)OC1CC2CC(OC2(C)C)C1(C)OC(C)=O. The summed E-state index contributed by atoms with van der Waals surface area (Å²) in [6.07, 6.45) is 0.815. The number of hydrogen-bond donors (Lipinski definition) is 0. The Morgan fingerprint density at radius 1 is 1.11 bits per heavy atom. The standard InChI is InChI=1S/C14H22O5/c1-8(15)17-11-6-10-7-12(19-13(10,3)4)14(11,5)18-9(2)16/h10-12H,6-7H2,1-5H3. The van der Waals surface area contributed by atoms with Gasteiger partial charge < -0.3 is 14.2 Å². The van der Waals surface area contributed by atoms with Crippen molar-refractivity contribution < 1.29 is 23.8 Å². The highest BCUT2D eigenvalue weighted by molar-refractivity contribution is 5.68. The maximum absolute atomic E-state index is 11.4. The number of hydrogen-bond acceptors (Lipinski definition) is 5. The second kappa shape index (κ2) is 4.47. The van der Waals surface area contributed by atoms with Crippen LogP contribution in [0, 0.1) is 5.92 Å². The van der Waals surface area contributed by atoms with E-state index in [1.54, 1.807) is 6.92 Å². The Morgan fingerprint density at radius 2 is 1.74 bits per heavy atom. The van der Waals surface area contributed by atoms with E-state index in [1.165, 1.54) is 13.8 Å². The summed E-state index contributed by atoms with van der Waals surface area (Å²) in [4.78, 5) is 22.6. The summed E-state index contributed by atoms with van der Waals surface area (Å²) in [6, 6.07) is 0. The zero-order valence-electron chi connectivity index (χ0n) is 12.2. The summed E-state index contributed by atoms with van der Waals surface area (Å²) in [5, 5.41) is 0. The van der Waals surface area contributed by atoms with Crippen LogP contribution in [0.1, 0.15) is 47.5 Å². The lowest BCUT2D eigenvalue weighted by Crippen LogP contribution is -2.56. The van der Waals surface area contributed by atoms with Crippen LogP contribution in [0.25, 0.3) is 0 Å². The quantitative estimate of drug-likeness (QED) is 0.716. The first-order valence-corrected chi connectivity index (χ1v) is 6.70. The first-order chi connectivity index (χ1) is 8.65. The van der Waals surface area contributed by atoms with Crippen molar-refractivity contribution in [3.8, 4) is 0 Å². The molecule has 0 spiro atoms. The molecular weight excluding hydrogens is 248 g/mol. The fraction of sp³-hybridized carbons (Fsp3) is 0.857. The molecule has 1 heterocycles. The summed E-state index contributed by atoms with van der Waals surface area (Å²) >= 11 is 0. The van der Waals surface area contributed by atoms with Crippen molar-refractivity contribution >= 4 is 11.9 Å². The predicted molar refractivity (Wildman–Crippen MR) is 67.4 cm³/mol. The lowest BCUT2D eigenvalue weighted by Gasteiger charge is -2.42. The Hall–Kier alpha value is -1.10. The lowest BCUT2D eigenvalue weighted by atomic mass is 9.73. The molecule has 2 aliphatic rings. The van der Waals surface area contributed by atoms with Crippen molar-refractivity contribution in [3.63, 3.8) is 0 Å². The van der Waals surface area contributed by atoms with Crippen LogP contribution in [0.5, 0.6) is 0 Å². The first kappa shape index (κ1) is 14.3. The Bertz CT molecular complexity index is 403. The predicted octanol–water partition coefficient (Wildman–Crippen LogP) is 1.83. The van der Waals surface area contributed by atoms with Crippen LogP contribution in [-0.2, 0) is 23.8 Å². The van der Waals surface area contributed by atoms with Gasteiger partial charge in [-0.3, -0.25) is 9.59 Å². The number of carbonyl (C=O) groups is 2. The van der Waals surface area contributed by atoms with Gasteiger partial charge in [0.25, 0.3) is 0 Å². The van der Waals surface area contributed by atoms with E-state index in [4.69, 9.17) is 14.2 Å². The van der Waals surface area contributed by atoms with Crippen molar-refractivity contribution in [1.29, 1.82) is 0 Å². The molecule has 0 N–H and O–H groups in total. The molecule has 0 aromatic rings. The van der Waals surface area contributed by atoms with Crippen molar-refractivity contribution in [2.24, 2.45) is 5.92 Å². The molecule has 1 aliphatic carbocycles. The van der Waals surface area contributed by atoms with Crippen molar-refractivity contribution in [2.75, 3.05) is 0 Å². The summed E-state index contributed by atoms with van der Waals surface area (Å²) in [5.74, 6) is -0.431. The minimum Gasteiger partial charge on any atom is -0.458 e. The van der Waals surface area contributed by atoms with Crippen molar-refractivity contribution in [2.45, 2.75) is 70.9 Å². The average molecular weight is 270 g/mol. The average Bonchev–Trinajstić information content (AvgIpc) is 2.48. The normalized spacial score (nSPS) is 39.7. The Labute approximate surface area is 113 Å². The molecule has 0 aromatic carbocycles. The van der Waals surface area contributed by atoms with Gasteiger partial charge in [0.1, 0.15) is 12.2 Å².